The van der Waals surface area contributed by atoms with Gasteiger partial charge < -0.3 is 9.64 Å². The molecule has 0 N–H and O–H groups in total. The van der Waals surface area contributed by atoms with Gasteiger partial charge in [-0.2, -0.15) is 0 Å². The Kier molecular flexibility index (Phi) is 7.86. The summed E-state index contributed by atoms with van der Waals surface area (Å²) >= 11 is 2.96. The number of hydrogen-bond acceptors (Lipinski definition) is 7. The maximum absolute atomic E-state index is 14.0. The van der Waals surface area contributed by atoms with Crippen LogP contribution in [0.2, 0.25) is 0 Å². The Bertz CT molecular complexity index is 1700. The lowest BCUT2D eigenvalue weighted by molar-refractivity contribution is -0.138. The zero-order valence-electron chi connectivity index (χ0n) is 22.3. The van der Waals surface area contributed by atoms with Crippen LogP contribution in [0.25, 0.3) is 11.8 Å². The van der Waals surface area contributed by atoms with Crippen molar-refractivity contribution in [3.8, 4) is 0 Å². The number of carbonyl (C=O) groups is 1. The summed E-state index contributed by atoms with van der Waals surface area (Å²) in [7, 11) is 3.98. The van der Waals surface area contributed by atoms with E-state index >= 15 is 0 Å². The Hall–Kier alpha value is -3.88. The minimum Gasteiger partial charge on any atom is -0.463 e. The van der Waals surface area contributed by atoms with E-state index in [1.807, 2.05) is 110 Å². The molecule has 1 aliphatic rings. The first-order valence-electron chi connectivity index (χ1n) is 12.6. The maximum Gasteiger partial charge on any atom is 0.338 e. The summed E-state index contributed by atoms with van der Waals surface area (Å²) in [4.78, 5) is 36.1. The van der Waals surface area contributed by atoms with Gasteiger partial charge >= 0.3 is 5.97 Å². The molecule has 6 nitrogen and oxygen atoms in total. The molecule has 5 rings (SSSR count). The third kappa shape index (κ3) is 5.35. The molecule has 0 saturated carbocycles. The average molecular weight is 556 g/mol. The second kappa shape index (κ2) is 11.5. The lowest BCUT2D eigenvalue weighted by atomic mass is 9.93. The smallest absolute Gasteiger partial charge is 0.338 e. The highest BCUT2D eigenvalue weighted by molar-refractivity contribution is 7.98. The molecule has 0 saturated heterocycles. The highest BCUT2D eigenvalue weighted by Crippen LogP contribution is 2.35. The fraction of sp³-hybridized carbons (Fsp3) is 0.194. The van der Waals surface area contributed by atoms with Gasteiger partial charge in [-0.1, -0.05) is 65.9 Å². The van der Waals surface area contributed by atoms with Gasteiger partial charge in [0.1, 0.15) is 0 Å². The molecule has 1 aromatic heterocycles. The van der Waals surface area contributed by atoms with E-state index in [1.165, 1.54) is 11.3 Å². The number of rotatable bonds is 7. The summed E-state index contributed by atoms with van der Waals surface area (Å²) in [6.07, 6.45) is 3.90. The molecule has 4 aromatic rings. The van der Waals surface area contributed by atoms with Crippen LogP contribution in [-0.2, 0) is 9.53 Å². The van der Waals surface area contributed by atoms with E-state index in [4.69, 9.17) is 9.73 Å². The number of esters is 1. The van der Waals surface area contributed by atoms with Gasteiger partial charge in [0.25, 0.3) is 5.56 Å². The van der Waals surface area contributed by atoms with Gasteiger partial charge in [-0.3, -0.25) is 9.36 Å². The lowest BCUT2D eigenvalue weighted by Crippen LogP contribution is -2.40. The first-order valence-corrected chi connectivity index (χ1v) is 14.6. The standard InChI is InChI=1S/C31H29N3O3S2/c1-5-37-30(36)26-27(21-9-7-6-8-10-21)32-31-34(28(26)22-13-17-24(38-4)18-14-22)29(35)25(39-31)19-20-11-15-23(16-12-20)33(2)3/h6-19,28H,5H2,1-4H3/b25-19-/t28-/m1/s1. The van der Waals surface area contributed by atoms with Crippen LogP contribution in [0, 0.1) is 0 Å². The van der Waals surface area contributed by atoms with E-state index in [-0.39, 0.29) is 12.2 Å². The van der Waals surface area contributed by atoms with Crippen LogP contribution in [0.1, 0.15) is 29.7 Å². The summed E-state index contributed by atoms with van der Waals surface area (Å²) in [5.41, 5.74) is 4.30. The molecule has 0 spiro atoms. The molecule has 0 aliphatic carbocycles. The topological polar surface area (TPSA) is 63.9 Å². The van der Waals surface area contributed by atoms with Gasteiger partial charge in [0.15, 0.2) is 4.80 Å². The number of benzene rings is 3. The predicted molar refractivity (Wildman–Crippen MR) is 160 cm³/mol. The molecule has 198 valence electrons. The normalized spacial score (nSPS) is 15.1. The summed E-state index contributed by atoms with van der Waals surface area (Å²) in [5, 5.41) is 0. The van der Waals surface area contributed by atoms with Crippen LogP contribution < -0.4 is 19.8 Å². The second-order valence-corrected chi connectivity index (χ2v) is 11.1. The second-order valence-electron chi connectivity index (χ2n) is 9.19. The summed E-state index contributed by atoms with van der Waals surface area (Å²) in [6, 6.07) is 24.9. The number of aromatic nitrogens is 1. The number of nitrogens with zero attached hydrogens (tertiary/aromatic N) is 3. The Morgan fingerprint density at radius 3 is 2.36 bits per heavy atom. The van der Waals surface area contributed by atoms with Crippen LogP contribution >= 0.6 is 23.1 Å². The minimum absolute atomic E-state index is 0.191. The Labute approximate surface area is 235 Å². The molecule has 0 fully saturated rings. The van der Waals surface area contributed by atoms with Gasteiger partial charge in [-0.05, 0) is 54.6 Å². The average Bonchev–Trinajstić information content (AvgIpc) is 3.27. The molecule has 1 atom stereocenters. The molecule has 1 aliphatic heterocycles. The monoisotopic (exact) mass is 555 g/mol. The third-order valence-electron chi connectivity index (χ3n) is 6.51. The van der Waals surface area contributed by atoms with Gasteiger partial charge in [0, 0.05) is 30.2 Å². The zero-order chi connectivity index (χ0) is 27.5. The Morgan fingerprint density at radius 1 is 1.05 bits per heavy atom. The summed E-state index contributed by atoms with van der Waals surface area (Å²) in [5.74, 6) is -0.479. The SMILES string of the molecule is CCOC(=O)C1=C(c2ccccc2)N=c2s/c(=C\c3ccc(N(C)C)cc3)c(=O)n2[C@@H]1c1ccc(SC)cc1. The quantitative estimate of drug-likeness (QED) is 0.244. The molecule has 2 heterocycles. The predicted octanol–water partition coefficient (Wildman–Crippen LogP) is 4.72. The van der Waals surface area contributed by atoms with Crippen LogP contribution in [-0.4, -0.2) is 37.5 Å². The van der Waals surface area contributed by atoms with Crippen molar-refractivity contribution in [3.05, 3.63) is 121 Å². The zero-order valence-corrected chi connectivity index (χ0v) is 23.9. The molecular weight excluding hydrogens is 526 g/mol. The van der Waals surface area contributed by atoms with Crippen molar-refractivity contribution in [1.82, 2.24) is 4.57 Å². The van der Waals surface area contributed by atoms with E-state index in [0.29, 0.717) is 20.6 Å². The molecule has 0 unspecified atom stereocenters. The number of thioether (sulfide) groups is 1. The van der Waals surface area contributed by atoms with Crippen molar-refractivity contribution >= 4 is 46.5 Å². The van der Waals surface area contributed by atoms with Crippen molar-refractivity contribution in [1.29, 1.82) is 0 Å². The third-order valence-corrected chi connectivity index (χ3v) is 8.24. The molecule has 0 bridgehead atoms. The number of fused-ring (bicyclic) bond motifs is 1. The number of thiazole rings is 1. The first kappa shape index (κ1) is 26.7. The number of hydrogen-bond donors (Lipinski definition) is 0. The van der Waals surface area contributed by atoms with Gasteiger partial charge in [0.2, 0.25) is 0 Å². The van der Waals surface area contributed by atoms with E-state index < -0.39 is 12.0 Å². The van der Waals surface area contributed by atoms with Gasteiger partial charge in [-0.25, -0.2) is 9.79 Å². The number of carbonyl (C=O) groups excluding carboxylic acids is 1. The van der Waals surface area contributed by atoms with E-state index in [1.54, 1.807) is 23.3 Å². The van der Waals surface area contributed by atoms with E-state index in [2.05, 4.69) is 0 Å². The molecule has 0 radical (unpaired) electrons. The molecule has 8 heteroatoms. The highest BCUT2D eigenvalue weighted by atomic mass is 32.2. The number of anilines is 1. The lowest BCUT2D eigenvalue weighted by Gasteiger charge is -2.26. The van der Waals surface area contributed by atoms with Crippen LogP contribution in [0.15, 0.2) is 99.1 Å². The van der Waals surface area contributed by atoms with Crippen LogP contribution in [0.3, 0.4) is 0 Å². The largest absolute Gasteiger partial charge is 0.463 e. The van der Waals surface area contributed by atoms with Crippen LogP contribution in [0.4, 0.5) is 5.69 Å². The van der Waals surface area contributed by atoms with Crippen LogP contribution in [0.5, 0.6) is 0 Å². The van der Waals surface area contributed by atoms with Crippen molar-refractivity contribution in [2.45, 2.75) is 17.9 Å². The Balaban J connectivity index is 1.77. The van der Waals surface area contributed by atoms with Crippen molar-refractivity contribution < 1.29 is 9.53 Å². The molecular formula is C31H29N3O3S2. The first-order chi connectivity index (χ1) is 18.9. The van der Waals surface area contributed by atoms with Gasteiger partial charge in [-0.15, -0.1) is 11.8 Å². The van der Waals surface area contributed by atoms with Gasteiger partial charge in [0.05, 0.1) is 28.5 Å². The molecule has 39 heavy (non-hydrogen) atoms. The van der Waals surface area contributed by atoms with E-state index in [0.717, 1.165) is 27.3 Å². The summed E-state index contributed by atoms with van der Waals surface area (Å²) < 4.78 is 7.72. The maximum atomic E-state index is 14.0. The van der Waals surface area contributed by atoms with Crippen molar-refractivity contribution in [2.24, 2.45) is 4.99 Å². The van der Waals surface area contributed by atoms with Crippen molar-refractivity contribution in [2.75, 3.05) is 31.9 Å². The fourth-order valence-corrected chi connectivity index (χ4v) is 5.97. The van der Waals surface area contributed by atoms with E-state index in [9.17, 15) is 9.59 Å². The molecule has 0 amide bonds. The Morgan fingerprint density at radius 2 is 1.74 bits per heavy atom. The van der Waals surface area contributed by atoms with Crippen molar-refractivity contribution in [3.63, 3.8) is 0 Å². The highest BCUT2D eigenvalue weighted by Gasteiger charge is 2.35. The molecule has 3 aromatic carbocycles. The fourth-order valence-electron chi connectivity index (χ4n) is 4.56. The number of ether oxygens (including phenoxy) is 1. The minimum atomic E-state index is -0.676. The summed E-state index contributed by atoms with van der Waals surface area (Å²) in [6.45, 7) is 2.00.